The van der Waals surface area contributed by atoms with Gasteiger partial charge in [-0.2, -0.15) is 0 Å². The van der Waals surface area contributed by atoms with Gasteiger partial charge in [-0.3, -0.25) is 9.10 Å². The predicted molar refractivity (Wildman–Crippen MR) is 150 cm³/mol. The number of ether oxygens (including phenoxy) is 1. The topological polar surface area (TPSA) is 75.7 Å². The number of fused-ring (bicyclic) bond motifs is 2. The number of nitrogens with zero attached hydrogens (tertiary/aromatic N) is 1. The molecule has 0 fully saturated rings. The maximum atomic E-state index is 13.9. The third kappa shape index (κ3) is 5.04. The normalized spacial score (nSPS) is 17.8. The number of hydrogen-bond acceptors (Lipinski definition) is 4. The molecule has 7 heteroatoms. The molecule has 0 bridgehead atoms. The molecule has 1 heterocycles. The lowest BCUT2D eigenvalue weighted by Gasteiger charge is -2.36. The van der Waals surface area contributed by atoms with E-state index in [0.29, 0.717) is 11.4 Å². The molecule has 0 spiro atoms. The van der Waals surface area contributed by atoms with Gasteiger partial charge in [0.2, 0.25) is 0 Å². The highest BCUT2D eigenvalue weighted by molar-refractivity contribution is 7.92. The number of aryl methyl sites for hydroxylation is 3. The molecule has 3 aromatic carbocycles. The zero-order valence-electron chi connectivity index (χ0n) is 22.7. The first-order chi connectivity index (χ1) is 17.9. The van der Waals surface area contributed by atoms with E-state index in [2.05, 4.69) is 44.3 Å². The van der Waals surface area contributed by atoms with Crippen LogP contribution in [0.25, 0.3) is 0 Å². The van der Waals surface area contributed by atoms with E-state index >= 15 is 0 Å². The summed E-state index contributed by atoms with van der Waals surface area (Å²) in [5.41, 5.74) is 5.98. The van der Waals surface area contributed by atoms with E-state index in [1.54, 1.807) is 30.3 Å². The van der Waals surface area contributed by atoms with Crippen LogP contribution in [0.4, 0.5) is 5.69 Å². The third-order valence-electron chi connectivity index (χ3n) is 7.58. The SMILES string of the molecule is Cc1ccc(S(=O)(=O)N2C[C@@H](C(=O)N[C@@H](C)c3ccc4c(c3)CCC4)Oc3ccc(C(C)(C)C)cc32)cc1. The summed E-state index contributed by atoms with van der Waals surface area (Å²) in [5, 5.41) is 3.06. The zero-order chi connectivity index (χ0) is 27.2. The summed E-state index contributed by atoms with van der Waals surface area (Å²) in [4.78, 5) is 13.6. The number of benzene rings is 3. The summed E-state index contributed by atoms with van der Waals surface area (Å²) in [6.45, 7) is 9.98. The minimum absolute atomic E-state index is 0.112. The van der Waals surface area contributed by atoms with Crippen LogP contribution in [-0.4, -0.2) is 27.0 Å². The van der Waals surface area contributed by atoms with Crippen molar-refractivity contribution >= 4 is 21.6 Å². The monoisotopic (exact) mass is 532 g/mol. The van der Waals surface area contributed by atoms with Crippen LogP contribution in [0, 0.1) is 6.92 Å². The summed E-state index contributed by atoms with van der Waals surface area (Å²) < 4.78 is 35.2. The molecule has 2 atom stereocenters. The Morgan fingerprint density at radius 2 is 1.71 bits per heavy atom. The Kier molecular flexibility index (Phi) is 6.76. The standard InChI is InChI=1S/C31H36N2O4S/c1-20-9-14-26(15-10-20)38(35,36)33-19-29(37-28-16-13-25(18-27(28)33)31(3,4)5)30(34)32-21(2)23-12-11-22-7-6-8-24(22)17-23/h9-18,21,29H,6-8,19H2,1-5H3,(H,32,34)/t21-,29-/m0/s1. The van der Waals surface area contributed by atoms with Gasteiger partial charge < -0.3 is 10.1 Å². The lowest BCUT2D eigenvalue weighted by Crippen LogP contribution is -2.51. The first-order valence-corrected chi connectivity index (χ1v) is 14.7. The van der Waals surface area contributed by atoms with Crippen LogP contribution < -0.4 is 14.4 Å². The molecule has 3 aromatic rings. The lowest BCUT2D eigenvalue weighted by molar-refractivity contribution is -0.128. The van der Waals surface area contributed by atoms with Crippen LogP contribution in [0.5, 0.6) is 5.75 Å². The average molecular weight is 533 g/mol. The first kappa shape index (κ1) is 26.3. The molecule has 1 N–H and O–H groups in total. The number of hydrogen-bond donors (Lipinski definition) is 1. The molecule has 0 saturated carbocycles. The molecule has 200 valence electrons. The Balaban J connectivity index is 1.46. The molecule has 5 rings (SSSR count). The van der Waals surface area contributed by atoms with E-state index in [9.17, 15) is 13.2 Å². The highest BCUT2D eigenvalue weighted by atomic mass is 32.2. The molecule has 0 radical (unpaired) electrons. The van der Waals surface area contributed by atoms with Gasteiger partial charge in [-0.15, -0.1) is 0 Å². The Hall–Kier alpha value is -3.32. The molecule has 38 heavy (non-hydrogen) atoms. The molecule has 1 amide bonds. The van der Waals surface area contributed by atoms with Crippen LogP contribution in [0.15, 0.2) is 65.6 Å². The summed E-state index contributed by atoms with van der Waals surface area (Å²) in [5.74, 6) is 0.0397. The van der Waals surface area contributed by atoms with Crippen LogP contribution in [-0.2, 0) is 33.1 Å². The maximum Gasteiger partial charge on any atom is 0.264 e. The van der Waals surface area contributed by atoms with Crippen LogP contribution in [0.3, 0.4) is 0 Å². The van der Waals surface area contributed by atoms with Gasteiger partial charge in [0.05, 0.1) is 23.2 Å². The van der Waals surface area contributed by atoms with Gasteiger partial charge in [0.25, 0.3) is 15.9 Å². The fourth-order valence-corrected chi connectivity index (χ4v) is 6.64. The van der Waals surface area contributed by atoms with Crippen molar-refractivity contribution in [1.82, 2.24) is 5.32 Å². The molecular formula is C31H36N2O4S. The smallest absolute Gasteiger partial charge is 0.264 e. The second-order valence-electron chi connectivity index (χ2n) is 11.5. The minimum atomic E-state index is -3.94. The fourth-order valence-electron chi connectivity index (χ4n) is 5.17. The van der Waals surface area contributed by atoms with Crippen molar-refractivity contribution in [2.75, 3.05) is 10.8 Å². The maximum absolute atomic E-state index is 13.9. The molecule has 1 aliphatic carbocycles. The number of amides is 1. The number of nitrogens with one attached hydrogen (secondary N) is 1. The quantitative estimate of drug-likeness (QED) is 0.463. The first-order valence-electron chi connectivity index (χ1n) is 13.3. The van der Waals surface area contributed by atoms with E-state index in [1.807, 2.05) is 26.0 Å². The Bertz CT molecular complexity index is 1470. The molecule has 6 nitrogen and oxygen atoms in total. The van der Waals surface area contributed by atoms with E-state index in [1.165, 1.54) is 15.4 Å². The number of anilines is 1. The third-order valence-corrected chi connectivity index (χ3v) is 9.37. The van der Waals surface area contributed by atoms with E-state index in [4.69, 9.17) is 4.74 Å². The van der Waals surface area contributed by atoms with Crippen molar-refractivity contribution in [3.05, 3.63) is 88.5 Å². The van der Waals surface area contributed by atoms with Gasteiger partial charge in [0.15, 0.2) is 6.10 Å². The molecular weight excluding hydrogens is 496 g/mol. The average Bonchev–Trinajstić information content (AvgIpc) is 3.35. The summed E-state index contributed by atoms with van der Waals surface area (Å²) in [6.07, 6.45) is 2.35. The van der Waals surface area contributed by atoms with Crippen LogP contribution in [0.1, 0.15) is 68.0 Å². The Morgan fingerprint density at radius 3 is 2.42 bits per heavy atom. The largest absolute Gasteiger partial charge is 0.476 e. The van der Waals surface area contributed by atoms with Gasteiger partial charge in [0.1, 0.15) is 5.75 Å². The highest BCUT2D eigenvalue weighted by Crippen LogP contribution is 2.40. The van der Waals surface area contributed by atoms with Crippen molar-refractivity contribution in [2.45, 2.75) is 76.3 Å². The molecule has 2 aliphatic rings. The van der Waals surface area contributed by atoms with Gasteiger partial charge in [-0.05, 0) is 85.0 Å². The van der Waals surface area contributed by atoms with E-state index < -0.39 is 16.1 Å². The van der Waals surface area contributed by atoms with Crippen molar-refractivity contribution in [1.29, 1.82) is 0 Å². The minimum Gasteiger partial charge on any atom is -0.476 e. The molecule has 1 aliphatic heterocycles. The predicted octanol–water partition coefficient (Wildman–Crippen LogP) is 5.61. The van der Waals surface area contributed by atoms with Crippen molar-refractivity contribution in [3.8, 4) is 5.75 Å². The van der Waals surface area contributed by atoms with E-state index in [0.717, 1.165) is 36.0 Å². The van der Waals surface area contributed by atoms with Gasteiger partial charge in [-0.1, -0.05) is 62.7 Å². The molecule has 0 aromatic heterocycles. The number of carbonyl (C=O) groups excluding carboxylic acids is 1. The van der Waals surface area contributed by atoms with E-state index in [-0.39, 0.29) is 28.8 Å². The number of rotatable bonds is 5. The highest BCUT2D eigenvalue weighted by Gasteiger charge is 2.38. The van der Waals surface area contributed by atoms with Crippen LogP contribution >= 0.6 is 0 Å². The zero-order valence-corrected chi connectivity index (χ0v) is 23.6. The fraction of sp³-hybridized carbons (Fsp3) is 0.387. The van der Waals surface area contributed by atoms with Gasteiger partial charge in [-0.25, -0.2) is 8.42 Å². The number of sulfonamides is 1. The lowest BCUT2D eigenvalue weighted by atomic mass is 9.86. The summed E-state index contributed by atoms with van der Waals surface area (Å²) in [7, 11) is -3.94. The summed E-state index contributed by atoms with van der Waals surface area (Å²) in [6, 6.07) is 18.5. The summed E-state index contributed by atoms with van der Waals surface area (Å²) >= 11 is 0. The Labute approximate surface area is 226 Å². The van der Waals surface area contributed by atoms with Crippen molar-refractivity contribution in [3.63, 3.8) is 0 Å². The number of carbonyl (C=O) groups is 1. The van der Waals surface area contributed by atoms with Gasteiger partial charge in [0, 0.05) is 0 Å². The van der Waals surface area contributed by atoms with Crippen LogP contribution in [0.2, 0.25) is 0 Å². The Morgan fingerprint density at radius 1 is 1.00 bits per heavy atom. The van der Waals surface area contributed by atoms with Gasteiger partial charge >= 0.3 is 0 Å². The second-order valence-corrected chi connectivity index (χ2v) is 13.4. The second kappa shape index (κ2) is 9.77. The molecule has 0 saturated heterocycles. The van der Waals surface area contributed by atoms with Crippen molar-refractivity contribution < 1.29 is 17.9 Å². The molecule has 0 unspecified atom stereocenters. The van der Waals surface area contributed by atoms with Crippen molar-refractivity contribution in [2.24, 2.45) is 0 Å².